The van der Waals surface area contributed by atoms with E-state index in [2.05, 4.69) is 0 Å². The Morgan fingerprint density at radius 3 is 2.43 bits per heavy atom. The van der Waals surface area contributed by atoms with Crippen LogP contribution in [0.2, 0.25) is 0 Å². The van der Waals surface area contributed by atoms with Gasteiger partial charge in [-0.05, 0) is 24.3 Å². The summed E-state index contributed by atoms with van der Waals surface area (Å²) < 4.78 is 10.5. The van der Waals surface area contributed by atoms with E-state index in [1.807, 2.05) is 0 Å². The van der Waals surface area contributed by atoms with E-state index in [-0.39, 0.29) is 32.0 Å². The van der Waals surface area contributed by atoms with Crippen molar-refractivity contribution in [2.24, 2.45) is 5.92 Å². The molecule has 0 saturated carbocycles. The monoisotopic (exact) mass is 382 g/mol. The van der Waals surface area contributed by atoms with E-state index in [1.165, 1.54) is 6.26 Å². The average molecular weight is 382 g/mol. The molecule has 0 aliphatic carbocycles. The van der Waals surface area contributed by atoms with E-state index in [9.17, 15) is 19.2 Å². The minimum absolute atomic E-state index is 0.0190. The highest BCUT2D eigenvalue weighted by molar-refractivity contribution is 6.21. The highest BCUT2D eigenvalue weighted by Gasteiger charge is 2.37. The largest absolute Gasteiger partial charge is 0.467 e. The number of hydrogen-bond acceptors (Lipinski definition) is 6. The molecule has 0 unspecified atom stereocenters. The molecule has 0 bridgehead atoms. The molecule has 8 heteroatoms. The molecule has 0 N–H and O–H groups in total. The Kier molecular flexibility index (Phi) is 4.68. The summed E-state index contributed by atoms with van der Waals surface area (Å²) in [5, 5.41) is 0. The standard InChI is InChI=1S/C20H18N2O6/c23-17-10-13(11-21(17)12-14-4-3-8-27-14)20(26)28-9-7-22-18(24)15-5-1-2-6-16(15)19(22)25/h1-6,8,13H,7,9-12H2/t13-/m0/s1. The van der Waals surface area contributed by atoms with Crippen molar-refractivity contribution in [2.45, 2.75) is 13.0 Å². The van der Waals surface area contributed by atoms with Crippen LogP contribution in [0.1, 0.15) is 32.9 Å². The minimum Gasteiger partial charge on any atom is -0.467 e. The lowest BCUT2D eigenvalue weighted by Crippen LogP contribution is -2.34. The number of carbonyl (C=O) groups excluding carboxylic acids is 4. The topological polar surface area (TPSA) is 97.1 Å². The Morgan fingerprint density at radius 2 is 1.79 bits per heavy atom. The fourth-order valence-electron chi connectivity index (χ4n) is 3.47. The number of carbonyl (C=O) groups is 4. The second-order valence-corrected chi connectivity index (χ2v) is 6.73. The molecule has 0 spiro atoms. The molecule has 1 saturated heterocycles. The van der Waals surface area contributed by atoms with Gasteiger partial charge in [0.2, 0.25) is 5.91 Å². The fourth-order valence-corrected chi connectivity index (χ4v) is 3.47. The summed E-state index contributed by atoms with van der Waals surface area (Å²) in [6, 6.07) is 10.1. The number of imide groups is 1. The van der Waals surface area contributed by atoms with Crippen LogP contribution in [-0.2, 0) is 20.9 Å². The Bertz CT molecular complexity index is 901. The number of benzene rings is 1. The summed E-state index contributed by atoms with van der Waals surface area (Å²) in [5.41, 5.74) is 0.711. The number of nitrogens with zero attached hydrogens (tertiary/aromatic N) is 2. The van der Waals surface area contributed by atoms with E-state index in [4.69, 9.17) is 9.15 Å². The first kappa shape index (κ1) is 18.0. The molecule has 3 heterocycles. The predicted octanol–water partition coefficient (Wildman–Crippen LogP) is 1.47. The molecule has 2 aliphatic rings. The van der Waals surface area contributed by atoms with Crippen molar-refractivity contribution in [1.29, 1.82) is 0 Å². The molecule has 1 fully saturated rings. The van der Waals surface area contributed by atoms with Gasteiger partial charge in [0, 0.05) is 13.0 Å². The number of likely N-dealkylation sites (tertiary alicyclic amines) is 1. The zero-order chi connectivity index (χ0) is 19.7. The summed E-state index contributed by atoms with van der Waals surface area (Å²) in [6.07, 6.45) is 1.60. The van der Waals surface area contributed by atoms with Gasteiger partial charge in [-0.3, -0.25) is 24.1 Å². The first-order valence-corrected chi connectivity index (χ1v) is 8.96. The van der Waals surface area contributed by atoms with E-state index in [0.29, 0.717) is 23.4 Å². The van der Waals surface area contributed by atoms with Crippen LogP contribution < -0.4 is 0 Å². The molecule has 1 aromatic heterocycles. The second kappa shape index (κ2) is 7.30. The maximum absolute atomic E-state index is 12.3. The smallest absolute Gasteiger partial charge is 0.311 e. The molecule has 3 amide bonds. The Labute approximate surface area is 160 Å². The third kappa shape index (κ3) is 3.28. The van der Waals surface area contributed by atoms with Gasteiger partial charge in [0.05, 0.1) is 36.4 Å². The molecular weight excluding hydrogens is 364 g/mol. The summed E-state index contributed by atoms with van der Waals surface area (Å²) in [7, 11) is 0. The summed E-state index contributed by atoms with van der Waals surface area (Å²) in [5.74, 6) is -1.35. The number of rotatable bonds is 6. The van der Waals surface area contributed by atoms with Crippen LogP contribution in [-0.4, -0.2) is 53.2 Å². The van der Waals surface area contributed by atoms with E-state index >= 15 is 0 Å². The number of ether oxygens (including phenoxy) is 1. The van der Waals surface area contributed by atoms with Crippen LogP contribution in [0.15, 0.2) is 47.1 Å². The molecule has 1 atom stereocenters. The van der Waals surface area contributed by atoms with Crippen molar-refractivity contribution in [3.8, 4) is 0 Å². The first-order valence-electron chi connectivity index (χ1n) is 8.96. The number of esters is 1. The predicted molar refractivity (Wildman–Crippen MR) is 95.0 cm³/mol. The van der Waals surface area contributed by atoms with Crippen LogP contribution in [0, 0.1) is 5.92 Å². The van der Waals surface area contributed by atoms with E-state index in [1.54, 1.807) is 41.3 Å². The van der Waals surface area contributed by atoms with Gasteiger partial charge in [-0.1, -0.05) is 12.1 Å². The number of furan rings is 1. The second-order valence-electron chi connectivity index (χ2n) is 6.73. The number of amides is 3. The first-order chi connectivity index (χ1) is 13.5. The summed E-state index contributed by atoms with van der Waals surface area (Å²) >= 11 is 0. The van der Waals surface area contributed by atoms with Crippen LogP contribution in [0.5, 0.6) is 0 Å². The van der Waals surface area contributed by atoms with E-state index in [0.717, 1.165) is 4.90 Å². The van der Waals surface area contributed by atoms with Gasteiger partial charge in [-0.15, -0.1) is 0 Å². The lowest BCUT2D eigenvalue weighted by molar-refractivity contribution is -0.148. The maximum Gasteiger partial charge on any atom is 0.311 e. The van der Waals surface area contributed by atoms with Gasteiger partial charge in [-0.2, -0.15) is 0 Å². The quantitative estimate of drug-likeness (QED) is 0.554. The van der Waals surface area contributed by atoms with Crippen molar-refractivity contribution >= 4 is 23.7 Å². The Hall–Kier alpha value is -3.42. The van der Waals surface area contributed by atoms with Crippen molar-refractivity contribution in [1.82, 2.24) is 9.80 Å². The van der Waals surface area contributed by atoms with E-state index < -0.39 is 23.7 Å². The number of fused-ring (bicyclic) bond motifs is 1. The molecule has 28 heavy (non-hydrogen) atoms. The van der Waals surface area contributed by atoms with Gasteiger partial charge in [0.15, 0.2) is 0 Å². The van der Waals surface area contributed by atoms with Crippen molar-refractivity contribution < 1.29 is 28.3 Å². The van der Waals surface area contributed by atoms with Crippen LogP contribution in [0.25, 0.3) is 0 Å². The Balaban J connectivity index is 1.28. The molecule has 2 aliphatic heterocycles. The third-order valence-electron chi connectivity index (χ3n) is 4.91. The molecular formula is C20H18N2O6. The SMILES string of the molecule is O=C(OCCN1C(=O)c2ccccc2C1=O)[C@H]1CC(=O)N(Cc2ccco2)C1. The molecule has 2 aromatic rings. The average Bonchev–Trinajstić information content (AvgIpc) is 3.39. The molecule has 1 aromatic carbocycles. The van der Waals surface area contributed by atoms with Gasteiger partial charge in [0.1, 0.15) is 12.4 Å². The zero-order valence-corrected chi connectivity index (χ0v) is 15.0. The summed E-state index contributed by atoms with van der Waals surface area (Å²) in [4.78, 5) is 51.6. The molecule has 8 nitrogen and oxygen atoms in total. The van der Waals surface area contributed by atoms with Gasteiger partial charge < -0.3 is 14.1 Å². The van der Waals surface area contributed by atoms with Crippen molar-refractivity contribution in [2.75, 3.05) is 19.7 Å². The minimum atomic E-state index is -0.565. The molecule has 4 rings (SSSR count). The lowest BCUT2D eigenvalue weighted by atomic mass is 10.1. The zero-order valence-electron chi connectivity index (χ0n) is 15.0. The highest BCUT2D eigenvalue weighted by Crippen LogP contribution is 2.23. The fraction of sp³-hybridized carbons (Fsp3) is 0.300. The molecule has 0 radical (unpaired) electrons. The van der Waals surface area contributed by atoms with Crippen molar-refractivity contribution in [3.63, 3.8) is 0 Å². The van der Waals surface area contributed by atoms with Gasteiger partial charge in [-0.25, -0.2) is 0 Å². The van der Waals surface area contributed by atoms with Crippen LogP contribution in [0.4, 0.5) is 0 Å². The summed E-state index contributed by atoms with van der Waals surface area (Å²) in [6.45, 7) is 0.443. The maximum atomic E-state index is 12.3. The van der Waals surface area contributed by atoms with Crippen LogP contribution >= 0.6 is 0 Å². The normalized spacial score (nSPS) is 18.7. The third-order valence-corrected chi connectivity index (χ3v) is 4.91. The Morgan fingerprint density at radius 1 is 1.07 bits per heavy atom. The van der Waals surface area contributed by atoms with Gasteiger partial charge >= 0.3 is 5.97 Å². The molecule has 144 valence electrons. The van der Waals surface area contributed by atoms with Crippen LogP contribution in [0.3, 0.4) is 0 Å². The highest BCUT2D eigenvalue weighted by atomic mass is 16.5. The number of hydrogen-bond donors (Lipinski definition) is 0. The van der Waals surface area contributed by atoms with Crippen molar-refractivity contribution in [3.05, 3.63) is 59.5 Å². The lowest BCUT2D eigenvalue weighted by Gasteiger charge is -2.16. The van der Waals surface area contributed by atoms with Gasteiger partial charge in [0.25, 0.3) is 11.8 Å².